The Labute approximate surface area is 144 Å². The maximum Gasteiger partial charge on any atom is 0.242 e. The summed E-state index contributed by atoms with van der Waals surface area (Å²) < 4.78 is 5.80. The van der Waals surface area contributed by atoms with Crippen molar-refractivity contribution in [2.75, 3.05) is 52.4 Å². The molecule has 3 heterocycles. The van der Waals surface area contributed by atoms with Gasteiger partial charge in [0.15, 0.2) is 0 Å². The Morgan fingerprint density at radius 1 is 1.25 bits per heavy atom. The molecule has 0 radical (unpaired) electrons. The third kappa shape index (κ3) is 4.26. The van der Waals surface area contributed by atoms with Crippen LogP contribution in [0.2, 0.25) is 0 Å². The third-order valence-electron chi connectivity index (χ3n) is 5.18. The Morgan fingerprint density at radius 3 is 2.71 bits per heavy atom. The van der Waals surface area contributed by atoms with Gasteiger partial charge >= 0.3 is 0 Å². The topological polar surface area (TPSA) is 65.1 Å². The Balaban J connectivity index is 1.54. The molecule has 3 saturated heterocycles. The molecule has 0 bridgehead atoms. The lowest BCUT2D eigenvalue weighted by Gasteiger charge is -2.38. The fourth-order valence-corrected chi connectivity index (χ4v) is 4.15. The van der Waals surface area contributed by atoms with Crippen LogP contribution in [0.3, 0.4) is 0 Å². The van der Waals surface area contributed by atoms with Gasteiger partial charge in [0, 0.05) is 45.3 Å². The summed E-state index contributed by atoms with van der Waals surface area (Å²) in [5.74, 6) is 0.128. The minimum Gasteiger partial charge on any atom is -0.373 e. The molecule has 3 aliphatic heterocycles. The maximum atomic E-state index is 12.7. The van der Waals surface area contributed by atoms with Crippen LogP contribution in [-0.2, 0) is 14.3 Å². The number of hydrogen-bond donors (Lipinski definition) is 1. The van der Waals surface area contributed by atoms with Gasteiger partial charge in [-0.25, -0.2) is 0 Å². The zero-order chi connectivity index (χ0) is 17.1. The quantitative estimate of drug-likeness (QED) is 0.750. The number of hydrogen-bond acceptors (Lipinski definition) is 5. The van der Waals surface area contributed by atoms with E-state index in [2.05, 4.69) is 24.1 Å². The summed E-state index contributed by atoms with van der Waals surface area (Å²) >= 11 is 0. The van der Waals surface area contributed by atoms with E-state index in [1.54, 1.807) is 4.90 Å². The number of likely N-dealkylation sites (tertiary alicyclic amines) is 1. The zero-order valence-electron chi connectivity index (χ0n) is 14.9. The van der Waals surface area contributed by atoms with Crippen LogP contribution in [0.1, 0.15) is 26.7 Å². The van der Waals surface area contributed by atoms with Gasteiger partial charge in [-0.1, -0.05) is 0 Å². The highest BCUT2D eigenvalue weighted by atomic mass is 16.5. The number of nitrogens with one attached hydrogen (secondary N) is 1. The average Bonchev–Trinajstić information content (AvgIpc) is 2.96. The van der Waals surface area contributed by atoms with Gasteiger partial charge in [0.05, 0.1) is 25.3 Å². The van der Waals surface area contributed by atoms with E-state index in [0.29, 0.717) is 13.1 Å². The number of amides is 2. The van der Waals surface area contributed by atoms with Crippen molar-refractivity contribution in [2.45, 2.75) is 44.9 Å². The molecule has 3 rings (SSSR count). The van der Waals surface area contributed by atoms with Gasteiger partial charge in [-0.2, -0.15) is 0 Å². The standard InChI is InChI=1S/C17H30N4O3/c1-13-9-19(10-14(2)24-13)11-15-4-3-6-21(15)17(23)12-20-7-5-18-8-16(20)22/h13-15,18H,3-12H2,1-2H3/t13-,14-,15+/m1/s1. The molecule has 24 heavy (non-hydrogen) atoms. The molecule has 136 valence electrons. The lowest BCUT2D eigenvalue weighted by atomic mass is 10.1. The SMILES string of the molecule is C[C@@H]1CN(C[C@@H]2CCCN2C(=O)CN2CCNCC2=O)C[C@@H](C)O1. The van der Waals surface area contributed by atoms with Gasteiger partial charge in [-0.3, -0.25) is 14.5 Å². The molecule has 0 aromatic rings. The summed E-state index contributed by atoms with van der Waals surface area (Å²) in [6.45, 7) is 9.78. The summed E-state index contributed by atoms with van der Waals surface area (Å²) in [6.07, 6.45) is 2.61. The van der Waals surface area contributed by atoms with Gasteiger partial charge in [0.1, 0.15) is 0 Å². The second-order valence-corrected chi connectivity index (χ2v) is 7.35. The molecule has 3 atom stereocenters. The second kappa shape index (κ2) is 7.80. The minimum atomic E-state index is 0.0289. The minimum absolute atomic E-state index is 0.0289. The number of piperazine rings is 1. The van der Waals surface area contributed by atoms with Gasteiger partial charge in [-0.05, 0) is 26.7 Å². The zero-order valence-corrected chi connectivity index (χ0v) is 14.9. The molecule has 7 heteroatoms. The largest absolute Gasteiger partial charge is 0.373 e. The summed E-state index contributed by atoms with van der Waals surface area (Å²) in [5, 5.41) is 3.04. The number of carbonyl (C=O) groups is 2. The second-order valence-electron chi connectivity index (χ2n) is 7.35. The molecular formula is C17H30N4O3. The van der Waals surface area contributed by atoms with Crippen LogP contribution in [-0.4, -0.2) is 97.1 Å². The van der Waals surface area contributed by atoms with Crippen LogP contribution in [0, 0.1) is 0 Å². The van der Waals surface area contributed by atoms with Crippen LogP contribution in [0.4, 0.5) is 0 Å². The molecule has 0 unspecified atom stereocenters. The van der Waals surface area contributed by atoms with Crippen molar-refractivity contribution in [3.05, 3.63) is 0 Å². The Morgan fingerprint density at radius 2 is 2.00 bits per heavy atom. The van der Waals surface area contributed by atoms with E-state index in [4.69, 9.17) is 4.74 Å². The predicted molar refractivity (Wildman–Crippen MR) is 90.6 cm³/mol. The van der Waals surface area contributed by atoms with E-state index in [0.717, 1.165) is 45.6 Å². The number of morpholine rings is 1. The molecule has 0 aliphatic carbocycles. The number of carbonyl (C=O) groups excluding carboxylic acids is 2. The smallest absolute Gasteiger partial charge is 0.242 e. The lowest BCUT2D eigenvalue weighted by molar-refractivity contribution is -0.142. The molecule has 3 aliphatic rings. The molecule has 0 aromatic heterocycles. The van der Waals surface area contributed by atoms with E-state index in [1.807, 2.05) is 4.90 Å². The summed E-state index contributed by atoms with van der Waals surface area (Å²) in [6, 6.07) is 0.271. The van der Waals surface area contributed by atoms with Gasteiger partial charge in [0.2, 0.25) is 11.8 Å². The number of nitrogens with zero attached hydrogens (tertiary/aromatic N) is 3. The molecule has 2 amide bonds. The molecular weight excluding hydrogens is 308 g/mol. The van der Waals surface area contributed by atoms with Gasteiger partial charge in [0.25, 0.3) is 0 Å². The summed E-state index contributed by atoms with van der Waals surface area (Å²) in [7, 11) is 0. The first kappa shape index (κ1) is 17.6. The van der Waals surface area contributed by atoms with E-state index < -0.39 is 0 Å². The number of ether oxygens (including phenoxy) is 1. The maximum absolute atomic E-state index is 12.7. The molecule has 3 fully saturated rings. The normalized spacial score (nSPS) is 32.4. The first-order valence-corrected chi connectivity index (χ1v) is 9.18. The first-order valence-electron chi connectivity index (χ1n) is 9.18. The van der Waals surface area contributed by atoms with Crippen molar-refractivity contribution >= 4 is 11.8 Å². The molecule has 1 N–H and O–H groups in total. The highest BCUT2D eigenvalue weighted by molar-refractivity contribution is 5.86. The molecule has 0 aromatic carbocycles. The van der Waals surface area contributed by atoms with Crippen molar-refractivity contribution in [3.8, 4) is 0 Å². The monoisotopic (exact) mass is 338 g/mol. The molecule has 0 spiro atoms. The Hall–Kier alpha value is -1.18. The van der Waals surface area contributed by atoms with Crippen LogP contribution >= 0.6 is 0 Å². The molecule has 0 saturated carbocycles. The van der Waals surface area contributed by atoms with Crippen molar-refractivity contribution in [2.24, 2.45) is 0 Å². The van der Waals surface area contributed by atoms with E-state index in [1.165, 1.54) is 0 Å². The average molecular weight is 338 g/mol. The van der Waals surface area contributed by atoms with Crippen LogP contribution in [0.25, 0.3) is 0 Å². The van der Waals surface area contributed by atoms with Crippen molar-refractivity contribution in [3.63, 3.8) is 0 Å². The van der Waals surface area contributed by atoms with E-state index in [-0.39, 0.29) is 36.6 Å². The Kier molecular flexibility index (Phi) is 5.73. The van der Waals surface area contributed by atoms with Crippen molar-refractivity contribution in [1.29, 1.82) is 0 Å². The van der Waals surface area contributed by atoms with Gasteiger partial charge < -0.3 is 19.9 Å². The number of rotatable bonds is 4. The highest BCUT2D eigenvalue weighted by Gasteiger charge is 2.33. The highest BCUT2D eigenvalue weighted by Crippen LogP contribution is 2.21. The van der Waals surface area contributed by atoms with Crippen LogP contribution in [0.15, 0.2) is 0 Å². The summed E-state index contributed by atoms with van der Waals surface area (Å²) in [4.78, 5) is 30.7. The fourth-order valence-electron chi connectivity index (χ4n) is 4.15. The Bertz CT molecular complexity index is 463. The van der Waals surface area contributed by atoms with Crippen molar-refractivity contribution < 1.29 is 14.3 Å². The summed E-state index contributed by atoms with van der Waals surface area (Å²) in [5.41, 5.74) is 0. The predicted octanol–water partition coefficient (Wildman–Crippen LogP) is -0.482. The lowest BCUT2D eigenvalue weighted by Crippen LogP contribution is -2.54. The molecule has 7 nitrogen and oxygen atoms in total. The van der Waals surface area contributed by atoms with Crippen LogP contribution in [0.5, 0.6) is 0 Å². The van der Waals surface area contributed by atoms with E-state index >= 15 is 0 Å². The van der Waals surface area contributed by atoms with Gasteiger partial charge in [-0.15, -0.1) is 0 Å². The fraction of sp³-hybridized carbons (Fsp3) is 0.882. The third-order valence-corrected chi connectivity index (χ3v) is 5.18. The first-order chi connectivity index (χ1) is 11.5. The van der Waals surface area contributed by atoms with Crippen LogP contribution < -0.4 is 5.32 Å². The van der Waals surface area contributed by atoms with E-state index in [9.17, 15) is 9.59 Å². The van der Waals surface area contributed by atoms with Crippen molar-refractivity contribution in [1.82, 2.24) is 20.0 Å².